The molecular formula is C19H18N2O2S. The predicted molar refractivity (Wildman–Crippen MR) is 97.5 cm³/mol. The van der Waals surface area contributed by atoms with Crippen molar-refractivity contribution in [3.63, 3.8) is 0 Å². The third kappa shape index (κ3) is 4.20. The molecule has 0 aliphatic carbocycles. The van der Waals surface area contributed by atoms with Gasteiger partial charge in [-0.25, -0.2) is 4.98 Å². The molecule has 0 aliphatic heterocycles. The monoisotopic (exact) mass is 338 g/mol. The number of nitrogens with one attached hydrogen (secondary N) is 1. The number of hydrogen-bond donors (Lipinski definition) is 1. The van der Waals surface area contributed by atoms with E-state index in [2.05, 4.69) is 10.3 Å². The first-order valence-corrected chi connectivity index (χ1v) is 8.65. The second kappa shape index (κ2) is 7.75. The first-order chi connectivity index (χ1) is 11.7. The summed E-state index contributed by atoms with van der Waals surface area (Å²) in [6, 6.07) is 17.3. The molecule has 122 valence electrons. The van der Waals surface area contributed by atoms with Crippen molar-refractivity contribution < 1.29 is 9.53 Å². The summed E-state index contributed by atoms with van der Waals surface area (Å²) in [5, 5.41) is 5.74. The number of aromatic nitrogens is 1. The predicted octanol–water partition coefficient (Wildman–Crippen LogP) is 4.39. The van der Waals surface area contributed by atoms with Gasteiger partial charge in [0.25, 0.3) is 0 Å². The van der Waals surface area contributed by atoms with Crippen LogP contribution in [0.5, 0.6) is 5.75 Å². The lowest BCUT2D eigenvalue weighted by atomic mass is 10.2. The normalized spacial score (nSPS) is 10.4. The van der Waals surface area contributed by atoms with E-state index in [1.165, 1.54) is 0 Å². The number of ether oxygens (including phenoxy) is 1. The molecule has 0 radical (unpaired) electrons. The minimum Gasteiger partial charge on any atom is -0.494 e. The summed E-state index contributed by atoms with van der Waals surface area (Å²) in [5.41, 5.74) is 2.60. The Hall–Kier alpha value is -2.66. The molecule has 2 aromatic carbocycles. The van der Waals surface area contributed by atoms with Gasteiger partial charge in [-0.1, -0.05) is 30.3 Å². The molecule has 4 nitrogen and oxygen atoms in total. The van der Waals surface area contributed by atoms with E-state index in [9.17, 15) is 4.79 Å². The zero-order chi connectivity index (χ0) is 16.8. The van der Waals surface area contributed by atoms with Crippen LogP contribution < -0.4 is 10.1 Å². The molecule has 3 rings (SSSR count). The molecule has 0 saturated heterocycles. The minimum atomic E-state index is -0.0796. The van der Waals surface area contributed by atoms with Crippen molar-refractivity contribution in [2.75, 3.05) is 11.9 Å². The van der Waals surface area contributed by atoms with E-state index in [0.717, 1.165) is 27.7 Å². The first-order valence-electron chi connectivity index (χ1n) is 7.77. The second-order valence-electron chi connectivity index (χ2n) is 5.19. The van der Waals surface area contributed by atoms with Gasteiger partial charge in [-0.2, -0.15) is 0 Å². The zero-order valence-electron chi connectivity index (χ0n) is 13.4. The lowest BCUT2D eigenvalue weighted by Gasteiger charge is -2.06. The Kier molecular flexibility index (Phi) is 5.23. The molecule has 24 heavy (non-hydrogen) atoms. The van der Waals surface area contributed by atoms with Gasteiger partial charge in [0.2, 0.25) is 5.91 Å². The standard InChI is InChI=1S/C19H18N2O2S/c1-2-23-17-10-8-15(9-11-17)20-18(22)12-16-13-24-19(21-16)14-6-4-3-5-7-14/h3-11,13H,2,12H2,1H3,(H,20,22). The van der Waals surface area contributed by atoms with E-state index in [1.54, 1.807) is 11.3 Å². The molecule has 1 heterocycles. The van der Waals surface area contributed by atoms with Crippen molar-refractivity contribution in [1.82, 2.24) is 4.98 Å². The molecule has 5 heteroatoms. The number of benzene rings is 2. The molecule has 0 bridgehead atoms. The lowest BCUT2D eigenvalue weighted by Crippen LogP contribution is -2.14. The Labute approximate surface area is 145 Å². The fraction of sp³-hybridized carbons (Fsp3) is 0.158. The van der Waals surface area contributed by atoms with Crippen molar-refractivity contribution in [2.45, 2.75) is 13.3 Å². The summed E-state index contributed by atoms with van der Waals surface area (Å²) in [4.78, 5) is 16.7. The summed E-state index contributed by atoms with van der Waals surface area (Å²) >= 11 is 1.55. The molecule has 0 unspecified atom stereocenters. The Morgan fingerprint density at radius 2 is 1.88 bits per heavy atom. The summed E-state index contributed by atoms with van der Waals surface area (Å²) in [5.74, 6) is 0.714. The molecule has 1 N–H and O–H groups in total. The van der Waals surface area contributed by atoms with Crippen molar-refractivity contribution in [2.24, 2.45) is 0 Å². The zero-order valence-corrected chi connectivity index (χ0v) is 14.2. The Morgan fingerprint density at radius 3 is 2.58 bits per heavy atom. The van der Waals surface area contributed by atoms with Crippen LogP contribution in [0.25, 0.3) is 10.6 Å². The highest BCUT2D eigenvalue weighted by atomic mass is 32.1. The number of amides is 1. The van der Waals surface area contributed by atoms with Crippen molar-refractivity contribution >= 4 is 22.9 Å². The molecule has 0 spiro atoms. The van der Waals surface area contributed by atoms with E-state index in [4.69, 9.17) is 4.74 Å². The largest absolute Gasteiger partial charge is 0.494 e. The fourth-order valence-corrected chi connectivity index (χ4v) is 3.10. The van der Waals surface area contributed by atoms with E-state index < -0.39 is 0 Å². The van der Waals surface area contributed by atoms with E-state index in [-0.39, 0.29) is 12.3 Å². The van der Waals surface area contributed by atoms with E-state index in [1.807, 2.05) is 66.9 Å². The molecule has 0 aliphatic rings. The molecule has 0 fully saturated rings. The van der Waals surface area contributed by atoms with Crippen LogP contribution >= 0.6 is 11.3 Å². The van der Waals surface area contributed by atoms with Crippen LogP contribution in [0, 0.1) is 0 Å². The second-order valence-corrected chi connectivity index (χ2v) is 6.05. The molecule has 3 aromatic rings. The van der Waals surface area contributed by atoms with Gasteiger partial charge >= 0.3 is 0 Å². The number of thiazole rings is 1. The summed E-state index contributed by atoms with van der Waals surface area (Å²) < 4.78 is 5.38. The van der Waals surface area contributed by atoms with Crippen LogP contribution in [-0.2, 0) is 11.2 Å². The number of carbonyl (C=O) groups excluding carboxylic acids is 1. The van der Waals surface area contributed by atoms with Crippen LogP contribution in [0.3, 0.4) is 0 Å². The van der Waals surface area contributed by atoms with E-state index in [0.29, 0.717) is 6.61 Å². The Bertz CT molecular complexity index is 798. The van der Waals surface area contributed by atoms with Gasteiger partial charge in [-0.3, -0.25) is 4.79 Å². The maximum Gasteiger partial charge on any atom is 0.230 e. The van der Waals surface area contributed by atoms with Gasteiger partial charge in [0.1, 0.15) is 10.8 Å². The van der Waals surface area contributed by atoms with Crippen molar-refractivity contribution in [1.29, 1.82) is 0 Å². The van der Waals surface area contributed by atoms with Crippen LogP contribution in [-0.4, -0.2) is 17.5 Å². The third-order valence-corrected chi connectivity index (χ3v) is 4.30. The van der Waals surface area contributed by atoms with Gasteiger partial charge in [0.15, 0.2) is 0 Å². The molecule has 1 aromatic heterocycles. The molecule has 1 amide bonds. The van der Waals surface area contributed by atoms with Gasteiger partial charge < -0.3 is 10.1 Å². The van der Waals surface area contributed by atoms with Gasteiger partial charge in [0, 0.05) is 16.6 Å². The van der Waals surface area contributed by atoms with Crippen LogP contribution in [0.1, 0.15) is 12.6 Å². The van der Waals surface area contributed by atoms with Crippen molar-refractivity contribution in [3.8, 4) is 16.3 Å². The molecular weight excluding hydrogens is 320 g/mol. The molecule has 0 saturated carbocycles. The Balaban J connectivity index is 1.60. The van der Waals surface area contributed by atoms with Crippen LogP contribution in [0.15, 0.2) is 60.0 Å². The lowest BCUT2D eigenvalue weighted by molar-refractivity contribution is -0.115. The average molecular weight is 338 g/mol. The highest BCUT2D eigenvalue weighted by Gasteiger charge is 2.09. The number of hydrogen-bond acceptors (Lipinski definition) is 4. The number of rotatable bonds is 6. The van der Waals surface area contributed by atoms with Gasteiger partial charge in [-0.05, 0) is 31.2 Å². The molecule has 0 atom stereocenters. The van der Waals surface area contributed by atoms with Crippen LogP contribution in [0.2, 0.25) is 0 Å². The SMILES string of the molecule is CCOc1ccc(NC(=O)Cc2csc(-c3ccccc3)n2)cc1. The fourth-order valence-electron chi connectivity index (χ4n) is 2.27. The topological polar surface area (TPSA) is 51.2 Å². The highest BCUT2D eigenvalue weighted by Crippen LogP contribution is 2.23. The van der Waals surface area contributed by atoms with Gasteiger partial charge in [0.05, 0.1) is 18.7 Å². The first kappa shape index (κ1) is 16.2. The van der Waals surface area contributed by atoms with Gasteiger partial charge in [-0.15, -0.1) is 11.3 Å². The number of nitrogens with zero attached hydrogens (tertiary/aromatic N) is 1. The Morgan fingerprint density at radius 1 is 1.12 bits per heavy atom. The smallest absolute Gasteiger partial charge is 0.230 e. The summed E-state index contributed by atoms with van der Waals surface area (Å²) in [7, 11) is 0. The highest BCUT2D eigenvalue weighted by molar-refractivity contribution is 7.13. The quantitative estimate of drug-likeness (QED) is 0.725. The van der Waals surface area contributed by atoms with E-state index >= 15 is 0 Å². The maximum atomic E-state index is 12.2. The third-order valence-electron chi connectivity index (χ3n) is 3.36. The number of anilines is 1. The minimum absolute atomic E-state index is 0.0796. The van der Waals surface area contributed by atoms with Crippen molar-refractivity contribution in [3.05, 3.63) is 65.7 Å². The average Bonchev–Trinajstić information content (AvgIpc) is 3.06. The maximum absolute atomic E-state index is 12.2. The van der Waals surface area contributed by atoms with Crippen LogP contribution in [0.4, 0.5) is 5.69 Å². The number of carbonyl (C=O) groups is 1. The summed E-state index contributed by atoms with van der Waals surface area (Å²) in [6.07, 6.45) is 0.260. The summed E-state index contributed by atoms with van der Waals surface area (Å²) in [6.45, 7) is 2.56.